The van der Waals surface area contributed by atoms with Gasteiger partial charge in [-0.05, 0) is 19.8 Å². The minimum absolute atomic E-state index is 0.148. The Labute approximate surface area is 90.6 Å². The van der Waals surface area contributed by atoms with E-state index < -0.39 is 0 Å². The maximum absolute atomic E-state index is 5.99. The summed E-state index contributed by atoms with van der Waals surface area (Å²) in [5, 5.41) is 4.11. The molecule has 0 spiro atoms. The van der Waals surface area contributed by atoms with Crippen molar-refractivity contribution in [3.8, 4) is 0 Å². The molecule has 0 aliphatic heterocycles. The third-order valence-electron chi connectivity index (χ3n) is 2.36. The van der Waals surface area contributed by atoms with Crippen molar-refractivity contribution in [3.63, 3.8) is 0 Å². The maximum atomic E-state index is 5.99. The standard InChI is InChI=1S/C10H20N4O/c1-3-14-10(12-8-13-14)7-9(11)5-4-6-15-2/h8-9H,3-7,11H2,1-2H3. The molecule has 1 atom stereocenters. The Bertz CT molecular complexity index is 274. The first kappa shape index (κ1) is 12.1. The van der Waals surface area contributed by atoms with Gasteiger partial charge >= 0.3 is 0 Å². The minimum atomic E-state index is 0.148. The van der Waals surface area contributed by atoms with Gasteiger partial charge in [-0.25, -0.2) is 4.98 Å². The van der Waals surface area contributed by atoms with E-state index in [0.29, 0.717) is 0 Å². The third kappa shape index (κ3) is 3.97. The van der Waals surface area contributed by atoms with Crippen molar-refractivity contribution >= 4 is 0 Å². The van der Waals surface area contributed by atoms with Crippen molar-refractivity contribution < 1.29 is 4.74 Å². The average molecular weight is 212 g/mol. The Morgan fingerprint density at radius 1 is 1.60 bits per heavy atom. The van der Waals surface area contributed by atoms with Gasteiger partial charge < -0.3 is 10.5 Å². The first-order valence-corrected chi connectivity index (χ1v) is 5.39. The maximum Gasteiger partial charge on any atom is 0.138 e. The Balaban J connectivity index is 2.33. The second kappa shape index (κ2) is 6.53. The summed E-state index contributed by atoms with van der Waals surface area (Å²) >= 11 is 0. The van der Waals surface area contributed by atoms with Crippen molar-refractivity contribution in [1.29, 1.82) is 0 Å². The Morgan fingerprint density at radius 3 is 3.07 bits per heavy atom. The number of nitrogens with two attached hydrogens (primary N) is 1. The molecule has 5 nitrogen and oxygen atoms in total. The van der Waals surface area contributed by atoms with Crippen LogP contribution in [0.3, 0.4) is 0 Å². The smallest absolute Gasteiger partial charge is 0.138 e. The number of rotatable bonds is 7. The molecule has 5 heteroatoms. The van der Waals surface area contributed by atoms with Gasteiger partial charge in [-0.2, -0.15) is 5.10 Å². The van der Waals surface area contributed by atoms with Crippen LogP contribution in [0.2, 0.25) is 0 Å². The van der Waals surface area contributed by atoms with E-state index in [0.717, 1.165) is 38.2 Å². The zero-order valence-corrected chi connectivity index (χ0v) is 9.52. The third-order valence-corrected chi connectivity index (χ3v) is 2.36. The van der Waals surface area contributed by atoms with Crippen molar-refractivity contribution in [3.05, 3.63) is 12.2 Å². The lowest BCUT2D eigenvalue weighted by Crippen LogP contribution is -2.25. The van der Waals surface area contributed by atoms with Crippen LogP contribution < -0.4 is 5.73 Å². The molecule has 1 rings (SSSR count). The van der Waals surface area contributed by atoms with Gasteiger partial charge in [-0.15, -0.1) is 0 Å². The van der Waals surface area contributed by atoms with Crippen LogP contribution in [0, 0.1) is 0 Å². The zero-order chi connectivity index (χ0) is 11.1. The summed E-state index contributed by atoms with van der Waals surface area (Å²) in [5.41, 5.74) is 5.99. The van der Waals surface area contributed by atoms with Gasteiger partial charge in [0.2, 0.25) is 0 Å². The number of aromatic nitrogens is 3. The van der Waals surface area contributed by atoms with E-state index in [2.05, 4.69) is 17.0 Å². The van der Waals surface area contributed by atoms with Gasteiger partial charge in [-0.3, -0.25) is 4.68 Å². The van der Waals surface area contributed by atoms with Crippen LogP contribution in [0.1, 0.15) is 25.6 Å². The number of ether oxygens (including phenoxy) is 1. The zero-order valence-electron chi connectivity index (χ0n) is 9.52. The van der Waals surface area contributed by atoms with Crippen molar-refractivity contribution in [2.24, 2.45) is 5.73 Å². The highest BCUT2D eigenvalue weighted by atomic mass is 16.5. The lowest BCUT2D eigenvalue weighted by atomic mass is 10.1. The van der Waals surface area contributed by atoms with E-state index in [1.165, 1.54) is 0 Å². The van der Waals surface area contributed by atoms with Crippen LogP contribution in [0.15, 0.2) is 6.33 Å². The first-order chi connectivity index (χ1) is 7.27. The van der Waals surface area contributed by atoms with E-state index in [1.807, 2.05) is 4.68 Å². The van der Waals surface area contributed by atoms with Gasteiger partial charge in [0.1, 0.15) is 12.2 Å². The van der Waals surface area contributed by atoms with Crippen LogP contribution in [-0.2, 0) is 17.7 Å². The van der Waals surface area contributed by atoms with Gasteiger partial charge in [-0.1, -0.05) is 0 Å². The summed E-state index contributed by atoms with van der Waals surface area (Å²) in [6, 6.07) is 0.148. The Morgan fingerprint density at radius 2 is 2.40 bits per heavy atom. The molecule has 0 amide bonds. The molecule has 1 aromatic rings. The molecular weight excluding hydrogens is 192 g/mol. The fourth-order valence-corrected chi connectivity index (χ4v) is 1.54. The van der Waals surface area contributed by atoms with Crippen LogP contribution >= 0.6 is 0 Å². The molecule has 1 unspecified atom stereocenters. The molecular formula is C10H20N4O. The summed E-state index contributed by atoms with van der Waals surface area (Å²) < 4.78 is 6.87. The highest BCUT2D eigenvalue weighted by Crippen LogP contribution is 2.03. The second-order valence-electron chi connectivity index (χ2n) is 3.59. The molecule has 0 radical (unpaired) electrons. The molecule has 86 valence electrons. The van der Waals surface area contributed by atoms with Crippen LogP contribution in [-0.4, -0.2) is 34.5 Å². The summed E-state index contributed by atoms with van der Waals surface area (Å²) in [4.78, 5) is 4.20. The normalized spacial score (nSPS) is 13.0. The van der Waals surface area contributed by atoms with E-state index >= 15 is 0 Å². The molecule has 0 fully saturated rings. The largest absolute Gasteiger partial charge is 0.385 e. The van der Waals surface area contributed by atoms with E-state index in [9.17, 15) is 0 Å². The second-order valence-corrected chi connectivity index (χ2v) is 3.59. The average Bonchev–Trinajstić information content (AvgIpc) is 2.65. The number of nitrogens with zero attached hydrogens (tertiary/aromatic N) is 3. The number of methoxy groups -OCH3 is 1. The minimum Gasteiger partial charge on any atom is -0.385 e. The van der Waals surface area contributed by atoms with E-state index in [-0.39, 0.29) is 6.04 Å². The molecule has 0 saturated heterocycles. The molecule has 0 aliphatic carbocycles. The highest BCUT2D eigenvalue weighted by molar-refractivity contribution is 4.88. The quantitative estimate of drug-likeness (QED) is 0.672. The SMILES string of the molecule is CCn1ncnc1CC(N)CCCOC. The molecule has 0 aromatic carbocycles. The van der Waals surface area contributed by atoms with Crippen molar-refractivity contribution in [2.45, 2.75) is 38.8 Å². The molecule has 15 heavy (non-hydrogen) atoms. The van der Waals surface area contributed by atoms with Gasteiger partial charge in [0.25, 0.3) is 0 Å². The number of hydrogen-bond donors (Lipinski definition) is 1. The molecule has 0 aliphatic rings. The van der Waals surface area contributed by atoms with Gasteiger partial charge in [0, 0.05) is 32.7 Å². The topological polar surface area (TPSA) is 66.0 Å². The Hall–Kier alpha value is -0.940. The lowest BCUT2D eigenvalue weighted by molar-refractivity contribution is 0.190. The van der Waals surface area contributed by atoms with E-state index in [4.69, 9.17) is 10.5 Å². The molecule has 1 aromatic heterocycles. The van der Waals surface area contributed by atoms with Gasteiger partial charge in [0.05, 0.1) is 0 Å². The molecule has 0 saturated carbocycles. The summed E-state index contributed by atoms with van der Waals surface area (Å²) in [6.45, 7) is 3.67. The van der Waals surface area contributed by atoms with Crippen LogP contribution in [0.4, 0.5) is 0 Å². The van der Waals surface area contributed by atoms with Crippen LogP contribution in [0.25, 0.3) is 0 Å². The van der Waals surface area contributed by atoms with Crippen molar-refractivity contribution in [1.82, 2.24) is 14.8 Å². The first-order valence-electron chi connectivity index (χ1n) is 5.39. The number of hydrogen-bond acceptors (Lipinski definition) is 4. The predicted molar refractivity (Wildman–Crippen MR) is 58.5 cm³/mol. The van der Waals surface area contributed by atoms with E-state index in [1.54, 1.807) is 13.4 Å². The molecule has 1 heterocycles. The number of aryl methyl sites for hydroxylation is 1. The lowest BCUT2D eigenvalue weighted by Gasteiger charge is -2.10. The van der Waals surface area contributed by atoms with Crippen LogP contribution in [0.5, 0.6) is 0 Å². The summed E-state index contributed by atoms with van der Waals surface area (Å²) in [5.74, 6) is 0.974. The van der Waals surface area contributed by atoms with Crippen molar-refractivity contribution in [2.75, 3.05) is 13.7 Å². The predicted octanol–water partition coefficient (Wildman–Crippen LogP) is 0.594. The monoisotopic (exact) mass is 212 g/mol. The Kier molecular flexibility index (Phi) is 5.28. The fraction of sp³-hybridized carbons (Fsp3) is 0.800. The highest BCUT2D eigenvalue weighted by Gasteiger charge is 2.08. The molecule has 2 N–H and O–H groups in total. The van der Waals surface area contributed by atoms with Gasteiger partial charge in [0.15, 0.2) is 0 Å². The molecule has 0 bridgehead atoms. The summed E-state index contributed by atoms with van der Waals surface area (Å²) in [7, 11) is 1.71. The fourth-order valence-electron chi connectivity index (χ4n) is 1.54. The summed E-state index contributed by atoms with van der Waals surface area (Å²) in [6.07, 6.45) is 4.33.